The van der Waals surface area contributed by atoms with Crippen molar-refractivity contribution in [1.82, 2.24) is 10.0 Å². The second kappa shape index (κ2) is 7.74. The zero-order valence-corrected chi connectivity index (χ0v) is 14.9. The number of hydrogen-bond donors (Lipinski definition) is 2. The lowest BCUT2D eigenvalue weighted by Gasteiger charge is -2.22. The summed E-state index contributed by atoms with van der Waals surface area (Å²) in [5.74, 6) is 0.429. The maximum atomic E-state index is 12.2. The van der Waals surface area contributed by atoms with E-state index in [4.69, 9.17) is 0 Å². The number of rotatable bonds is 7. The second-order valence-electron chi connectivity index (χ2n) is 6.11. The molecule has 0 aliphatic carbocycles. The summed E-state index contributed by atoms with van der Waals surface area (Å²) in [4.78, 5) is 0.163. The molecule has 6 nitrogen and oxygen atoms in total. The van der Waals surface area contributed by atoms with Crippen LogP contribution in [-0.2, 0) is 25.6 Å². The van der Waals surface area contributed by atoms with Gasteiger partial charge in [-0.15, -0.1) is 0 Å². The van der Waals surface area contributed by atoms with E-state index in [0.29, 0.717) is 18.0 Å². The molecule has 0 bridgehead atoms. The average molecular weight is 361 g/mol. The molecule has 23 heavy (non-hydrogen) atoms. The first-order valence-electron chi connectivity index (χ1n) is 7.73. The summed E-state index contributed by atoms with van der Waals surface area (Å²) >= 11 is 0. The van der Waals surface area contributed by atoms with Crippen LogP contribution in [0.25, 0.3) is 0 Å². The van der Waals surface area contributed by atoms with Gasteiger partial charge in [0.25, 0.3) is 0 Å². The van der Waals surface area contributed by atoms with Crippen molar-refractivity contribution in [2.24, 2.45) is 5.92 Å². The fourth-order valence-corrected chi connectivity index (χ4v) is 4.56. The number of benzene rings is 1. The van der Waals surface area contributed by atoms with Crippen LogP contribution in [0.2, 0.25) is 0 Å². The van der Waals surface area contributed by atoms with Crippen LogP contribution in [0.1, 0.15) is 24.8 Å². The molecule has 1 unspecified atom stereocenters. The van der Waals surface area contributed by atoms with Crippen molar-refractivity contribution < 1.29 is 16.8 Å². The van der Waals surface area contributed by atoms with Crippen LogP contribution in [0.4, 0.5) is 0 Å². The fraction of sp³-hybridized carbons (Fsp3) is 0.600. The molecule has 1 aromatic carbocycles. The molecular formula is C15H24N2O4S2. The lowest BCUT2D eigenvalue weighted by atomic mass is 9.96. The molecule has 1 atom stereocenters. The SMILES string of the molecule is CS(=O)(=O)Cc1ccc(S(=O)(=O)NCCC2CCCNC2)cc1. The molecule has 8 heteroatoms. The third-order valence-electron chi connectivity index (χ3n) is 3.91. The summed E-state index contributed by atoms with van der Waals surface area (Å²) in [5, 5.41) is 3.31. The first-order valence-corrected chi connectivity index (χ1v) is 11.3. The van der Waals surface area contributed by atoms with Crippen molar-refractivity contribution in [2.75, 3.05) is 25.9 Å². The third-order valence-corrected chi connectivity index (χ3v) is 6.24. The lowest BCUT2D eigenvalue weighted by Crippen LogP contribution is -2.33. The minimum Gasteiger partial charge on any atom is -0.316 e. The molecule has 1 aromatic rings. The van der Waals surface area contributed by atoms with Gasteiger partial charge in [-0.3, -0.25) is 0 Å². The van der Waals surface area contributed by atoms with E-state index in [1.54, 1.807) is 12.1 Å². The van der Waals surface area contributed by atoms with Crippen LogP contribution < -0.4 is 10.0 Å². The van der Waals surface area contributed by atoms with Crippen molar-refractivity contribution in [3.63, 3.8) is 0 Å². The Morgan fingerprint density at radius 2 is 1.87 bits per heavy atom. The van der Waals surface area contributed by atoms with Gasteiger partial charge in [0, 0.05) is 12.8 Å². The van der Waals surface area contributed by atoms with Gasteiger partial charge in [-0.1, -0.05) is 12.1 Å². The molecule has 0 amide bonds. The Balaban J connectivity index is 1.91. The zero-order chi connectivity index (χ0) is 16.9. The predicted octanol–water partition coefficient (Wildman–Crippen LogP) is 0.899. The van der Waals surface area contributed by atoms with Crippen molar-refractivity contribution in [3.8, 4) is 0 Å². The van der Waals surface area contributed by atoms with Crippen LogP contribution in [0.5, 0.6) is 0 Å². The van der Waals surface area contributed by atoms with E-state index >= 15 is 0 Å². The molecule has 0 spiro atoms. The number of sulfonamides is 1. The molecule has 0 aromatic heterocycles. The summed E-state index contributed by atoms with van der Waals surface area (Å²) in [6.07, 6.45) is 4.24. The maximum Gasteiger partial charge on any atom is 0.240 e. The summed E-state index contributed by atoms with van der Waals surface area (Å²) in [6.45, 7) is 2.41. The summed E-state index contributed by atoms with van der Waals surface area (Å²) in [6, 6.07) is 5.98. The van der Waals surface area contributed by atoms with E-state index in [9.17, 15) is 16.8 Å². The number of hydrogen-bond acceptors (Lipinski definition) is 5. The van der Waals surface area contributed by atoms with Gasteiger partial charge in [-0.25, -0.2) is 21.6 Å². The van der Waals surface area contributed by atoms with Crippen LogP contribution >= 0.6 is 0 Å². The first-order chi connectivity index (χ1) is 10.8. The third kappa shape index (κ3) is 6.21. The smallest absolute Gasteiger partial charge is 0.240 e. The monoisotopic (exact) mass is 360 g/mol. The molecular weight excluding hydrogens is 336 g/mol. The topological polar surface area (TPSA) is 92.3 Å². The highest BCUT2D eigenvalue weighted by molar-refractivity contribution is 7.90. The molecule has 1 aliphatic rings. The Kier molecular flexibility index (Phi) is 6.19. The molecule has 1 aliphatic heterocycles. The highest BCUT2D eigenvalue weighted by Gasteiger charge is 2.17. The van der Waals surface area contributed by atoms with Gasteiger partial charge in [0.05, 0.1) is 10.6 Å². The first kappa shape index (κ1) is 18.4. The van der Waals surface area contributed by atoms with E-state index in [1.165, 1.54) is 12.1 Å². The Labute approximate surface area is 138 Å². The Hall–Kier alpha value is -0.960. The average Bonchev–Trinajstić information content (AvgIpc) is 2.47. The molecule has 2 rings (SSSR count). The Morgan fingerprint density at radius 1 is 1.17 bits per heavy atom. The van der Waals surface area contributed by atoms with E-state index < -0.39 is 19.9 Å². The lowest BCUT2D eigenvalue weighted by molar-refractivity contribution is 0.358. The van der Waals surface area contributed by atoms with Crippen LogP contribution in [0, 0.1) is 5.92 Å². The largest absolute Gasteiger partial charge is 0.316 e. The van der Waals surface area contributed by atoms with Crippen molar-refractivity contribution >= 4 is 19.9 Å². The van der Waals surface area contributed by atoms with E-state index in [1.807, 2.05) is 0 Å². The van der Waals surface area contributed by atoms with E-state index in [2.05, 4.69) is 10.0 Å². The van der Waals surface area contributed by atoms with Gasteiger partial charge in [-0.2, -0.15) is 0 Å². The van der Waals surface area contributed by atoms with Crippen LogP contribution in [0.15, 0.2) is 29.2 Å². The number of piperidine rings is 1. The van der Waals surface area contributed by atoms with Crippen molar-refractivity contribution in [3.05, 3.63) is 29.8 Å². The second-order valence-corrected chi connectivity index (χ2v) is 10.0. The summed E-state index contributed by atoms with van der Waals surface area (Å²) in [7, 11) is -6.66. The minimum atomic E-state index is -3.54. The van der Waals surface area contributed by atoms with Crippen LogP contribution in [-0.4, -0.2) is 42.7 Å². The highest BCUT2D eigenvalue weighted by Crippen LogP contribution is 2.15. The maximum absolute atomic E-state index is 12.2. The predicted molar refractivity (Wildman–Crippen MR) is 90.4 cm³/mol. The fourth-order valence-electron chi connectivity index (χ4n) is 2.72. The van der Waals surface area contributed by atoms with Crippen molar-refractivity contribution in [2.45, 2.75) is 29.9 Å². The van der Waals surface area contributed by atoms with E-state index in [0.717, 1.165) is 38.6 Å². The van der Waals surface area contributed by atoms with Crippen molar-refractivity contribution in [1.29, 1.82) is 0 Å². The standard InChI is InChI=1S/C15H24N2O4S2/c1-22(18,19)12-14-4-6-15(7-5-14)23(20,21)17-10-8-13-3-2-9-16-11-13/h4-7,13,16-17H,2-3,8-12H2,1H3. The van der Waals surface area contributed by atoms with Gasteiger partial charge in [-0.05, 0) is 56.0 Å². The van der Waals surface area contributed by atoms with Crippen LogP contribution in [0.3, 0.4) is 0 Å². The van der Waals surface area contributed by atoms with Gasteiger partial charge in [0.1, 0.15) is 0 Å². The van der Waals surface area contributed by atoms with Gasteiger partial charge >= 0.3 is 0 Å². The molecule has 0 saturated carbocycles. The van der Waals surface area contributed by atoms with Gasteiger partial charge in [0.15, 0.2) is 9.84 Å². The molecule has 1 heterocycles. The summed E-state index contributed by atoms with van der Waals surface area (Å²) in [5.41, 5.74) is 0.583. The normalized spacial score (nSPS) is 19.6. The summed E-state index contributed by atoms with van der Waals surface area (Å²) < 4.78 is 49.5. The molecule has 130 valence electrons. The van der Waals surface area contributed by atoms with E-state index in [-0.39, 0.29) is 10.6 Å². The molecule has 2 N–H and O–H groups in total. The number of nitrogens with one attached hydrogen (secondary N) is 2. The zero-order valence-electron chi connectivity index (χ0n) is 13.3. The molecule has 1 fully saturated rings. The quantitative estimate of drug-likeness (QED) is 0.754. The molecule has 0 radical (unpaired) electrons. The van der Waals surface area contributed by atoms with Gasteiger partial charge < -0.3 is 5.32 Å². The minimum absolute atomic E-state index is 0.0879. The van der Waals surface area contributed by atoms with Gasteiger partial charge in [0.2, 0.25) is 10.0 Å². The Morgan fingerprint density at radius 3 is 2.43 bits per heavy atom. The molecule has 1 saturated heterocycles. The number of sulfone groups is 1. The highest BCUT2D eigenvalue weighted by atomic mass is 32.2. The Bertz CT molecular complexity index is 706.